The first-order chi connectivity index (χ1) is 8.21. The molecular weight excluding hydrogens is 214 g/mol. The van der Waals surface area contributed by atoms with Crippen molar-refractivity contribution in [1.29, 1.82) is 0 Å². The van der Waals surface area contributed by atoms with Crippen LogP contribution >= 0.6 is 0 Å². The summed E-state index contributed by atoms with van der Waals surface area (Å²) in [5, 5.41) is 11.5. The van der Waals surface area contributed by atoms with Crippen LogP contribution in [0.4, 0.5) is 0 Å². The van der Waals surface area contributed by atoms with E-state index in [9.17, 15) is 0 Å². The van der Waals surface area contributed by atoms with Crippen molar-refractivity contribution in [1.82, 2.24) is 15.5 Å². The molecule has 1 N–H and O–H groups in total. The molecule has 17 heavy (non-hydrogen) atoms. The highest BCUT2D eigenvalue weighted by molar-refractivity contribution is 5.14. The molecule has 0 bridgehead atoms. The van der Waals surface area contributed by atoms with E-state index in [1.807, 2.05) is 19.2 Å². The maximum Gasteiger partial charge on any atom is 0.233 e. The third kappa shape index (κ3) is 4.30. The maximum atomic E-state index is 5.01. The molecule has 1 heterocycles. The Balaban J connectivity index is 2.65. The standard InChI is InChI=1S/C13H23N3O/c1-5-6-10(2)9-12(14-3)11-7-8-13(17-4)16-15-11/h7-8,10,12,14H,5-6,9H2,1-4H3. The monoisotopic (exact) mass is 237 g/mol. The molecule has 0 spiro atoms. The van der Waals surface area contributed by atoms with Gasteiger partial charge in [0.15, 0.2) is 0 Å². The number of hydrogen-bond acceptors (Lipinski definition) is 4. The average molecular weight is 237 g/mol. The summed E-state index contributed by atoms with van der Waals surface area (Å²) >= 11 is 0. The highest BCUT2D eigenvalue weighted by Crippen LogP contribution is 2.22. The van der Waals surface area contributed by atoms with E-state index in [4.69, 9.17) is 4.74 Å². The van der Waals surface area contributed by atoms with Gasteiger partial charge in [-0.05, 0) is 25.5 Å². The fourth-order valence-corrected chi connectivity index (χ4v) is 2.02. The summed E-state index contributed by atoms with van der Waals surface area (Å²) in [5.41, 5.74) is 0.983. The Kier molecular flexibility index (Phi) is 5.91. The molecule has 0 saturated heterocycles. The molecule has 0 radical (unpaired) electrons. The van der Waals surface area contributed by atoms with Crippen molar-refractivity contribution in [3.05, 3.63) is 17.8 Å². The zero-order valence-corrected chi connectivity index (χ0v) is 11.2. The molecule has 0 aliphatic carbocycles. The first-order valence-corrected chi connectivity index (χ1v) is 6.26. The van der Waals surface area contributed by atoms with Crippen molar-refractivity contribution in [2.45, 2.75) is 39.2 Å². The van der Waals surface area contributed by atoms with E-state index in [0.29, 0.717) is 11.8 Å². The van der Waals surface area contributed by atoms with Crippen LogP contribution < -0.4 is 10.1 Å². The number of rotatable bonds is 7. The molecule has 1 aromatic rings. The van der Waals surface area contributed by atoms with Gasteiger partial charge in [0, 0.05) is 6.07 Å². The van der Waals surface area contributed by atoms with Gasteiger partial charge < -0.3 is 10.1 Å². The van der Waals surface area contributed by atoms with Crippen LogP contribution in [0.3, 0.4) is 0 Å². The maximum absolute atomic E-state index is 5.01. The minimum atomic E-state index is 0.273. The summed E-state index contributed by atoms with van der Waals surface area (Å²) in [6.07, 6.45) is 3.57. The zero-order valence-electron chi connectivity index (χ0n) is 11.2. The third-order valence-corrected chi connectivity index (χ3v) is 2.99. The Morgan fingerprint density at radius 2 is 2.12 bits per heavy atom. The molecule has 0 amide bonds. The van der Waals surface area contributed by atoms with Crippen LogP contribution in [0.2, 0.25) is 0 Å². The second kappa shape index (κ2) is 7.22. The van der Waals surface area contributed by atoms with Gasteiger partial charge in [0.25, 0.3) is 0 Å². The summed E-state index contributed by atoms with van der Waals surface area (Å²) in [7, 11) is 3.57. The normalized spacial score (nSPS) is 14.4. The van der Waals surface area contributed by atoms with Gasteiger partial charge in [0.05, 0.1) is 18.8 Å². The average Bonchev–Trinajstić information content (AvgIpc) is 2.36. The molecule has 4 heteroatoms. The largest absolute Gasteiger partial charge is 0.480 e. The van der Waals surface area contributed by atoms with Gasteiger partial charge >= 0.3 is 0 Å². The topological polar surface area (TPSA) is 47.0 Å². The van der Waals surface area contributed by atoms with Crippen molar-refractivity contribution in [2.75, 3.05) is 14.2 Å². The number of ether oxygens (including phenoxy) is 1. The van der Waals surface area contributed by atoms with Gasteiger partial charge in [-0.1, -0.05) is 26.7 Å². The lowest BCUT2D eigenvalue weighted by atomic mass is 9.95. The van der Waals surface area contributed by atoms with Gasteiger partial charge in [0.2, 0.25) is 5.88 Å². The number of nitrogens with zero attached hydrogens (tertiary/aromatic N) is 2. The van der Waals surface area contributed by atoms with Crippen molar-refractivity contribution in [3.63, 3.8) is 0 Å². The summed E-state index contributed by atoms with van der Waals surface area (Å²) < 4.78 is 5.01. The van der Waals surface area contributed by atoms with Crippen LogP contribution in [-0.4, -0.2) is 24.4 Å². The summed E-state index contributed by atoms with van der Waals surface area (Å²) in [5.74, 6) is 1.26. The van der Waals surface area contributed by atoms with Gasteiger partial charge in [0.1, 0.15) is 0 Å². The molecule has 1 aromatic heterocycles. The molecule has 0 aromatic carbocycles. The van der Waals surface area contributed by atoms with Crippen molar-refractivity contribution in [3.8, 4) is 5.88 Å². The first kappa shape index (κ1) is 13.9. The smallest absolute Gasteiger partial charge is 0.233 e. The molecule has 0 aliphatic rings. The minimum absolute atomic E-state index is 0.273. The van der Waals surface area contributed by atoms with Crippen LogP contribution in [0.5, 0.6) is 5.88 Å². The highest BCUT2D eigenvalue weighted by Gasteiger charge is 2.15. The third-order valence-electron chi connectivity index (χ3n) is 2.99. The highest BCUT2D eigenvalue weighted by atomic mass is 16.5. The lowest BCUT2D eigenvalue weighted by Crippen LogP contribution is -2.20. The molecule has 4 nitrogen and oxygen atoms in total. The lowest BCUT2D eigenvalue weighted by Gasteiger charge is -2.19. The quantitative estimate of drug-likeness (QED) is 0.791. The number of nitrogens with one attached hydrogen (secondary N) is 1. The van der Waals surface area contributed by atoms with Gasteiger partial charge in [-0.25, -0.2) is 0 Å². The van der Waals surface area contributed by atoms with Crippen LogP contribution in [0.1, 0.15) is 44.8 Å². The van der Waals surface area contributed by atoms with Crippen LogP contribution in [0, 0.1) is 5.92 Å². The number of hydrogen-bond donors (Lipinski definition) is 1. The molecule has 96 valence electrons. The minimum Gasteiger partial charge on any atom is -0.480 e. The Morgan fingerprint density at radius 3 is 2.59 bits per heavy atom. The van der Waals surface area contributed by atoms with Gasteiger partial charge in [-0.15, -0.1) is 5.10 Å². The molecule has 1 rings (SSSR count). The summed E-state index contributed by atoms with van der Waals surface area (Å²) in [6.45, 7) is 4.50. The Morgan fingerprint density at radius 1 is 1.35 bits per heavy atom. The molecule has 2 atom stereocenters. The molecule has 0 fully saturated rings. The van der Waals surface area contributed by atoms with Crippen LogP contribution in [-0.2, 0) is 0 Å². The Bertz CT molecular complexity index is 313. The van der Waals surface area contributed by atoms with Crippen molar-refractivity contribution >= 4 is 0 Å². The van der Waals surface area contributed by atoms with Gasteiger partial charge in [-0.3, -0.25) is 0 Å². The van der Waals surface area contributed by atoms with E-state index < -0.39 is 0 Å². The van der Waals surface area contributed by atoms with E-state index >= 15 is 0 Å². The SMILES string of the molecule is CCCC(C)CC(NC)c1ccc(OC)nn1. The lowest BCUT2D eigenvalue weighted by molar-refractivity contribution is 0.380. The van der Waals surface area contributed by atoms with Crippen LogP contribution in [0.25, 0.3) is 0 Å². The Labute approximate surface area is 104 Å². The van der Waals surface area contributed by atoms with E-state index in [-0.39, 0.29) is 6.04 Å². The number of aromatic nitrogens is 2. The fourth-order valence-electron chi connectivity index (χ4n) is 2.02. The summed E-state index contributed by atoms with van der Waals surface area (Å²) in [4.78, 5) is 0. The molecule has 0 saturated carbocycles. The van der Waals surface area contributed by atoms with E-state index in [1.165, 1.54) is 12.8 Å². The van der Waals surface area contributed by atoms with E-state index in [2.05, 4.69) is 29.4 Å². The molecule has 2 unspecified atom stereocenters. The van der Waals surface area contributed by atoms with Crippen LogP contribution in [0.15, 0.2) is 12.1 Å². The summed E-state index contributed by atoms with van der Waals surface area (Å²) in [6, 6.07) is 4.11. The second-order valence-electron chi connectivity index (χ2n) is 4.47. The molecular formula is C13H23N3O. The zero-order chi connectivity index (χ0) is 12.7. The second-order valence-corrected chi connectivity index (χ2v) is 4.47. The predicted molar refractivity (Wildman–Crippen MR) is 69.1 cm³/mol. The van der Waals surface area contributed by atoms with Gasteiger partial charge in [-0.2, -0.15) is 5.10 Å². The predicted octanol–water partition coefficient (Wildman–Crippen LogP) is 2.57. The van der Waals surface area contributed by atoms with Crippen molar-refractivity contribution < 1.29 is 4.74 Å². The first-order valence-electron chi connectivity index (χ1n) is 6.26. The fraction of sp³-hybridized carbons (Fsp3) is 0.692. The Hall–Kier alpha value is -1.16. The number of methoxy groups -OCH3 is 1. The molecule has 0 aliphatic heterocycles. The van der Waals surface area contributed by atoms with E-state index in [1.54, 1.807) is 7.11 Å². The van der Waals surface area contributed by atoms with Crippen molar-refractivity contribution in [2.24, 2.45) is 5.92 Å². The van der Waals surface area contributed by atoms with E-state index in [0.717, 1.165) is 12.1 Å².